The van der Waals surface area contributed by atoms with Gasteiger partial charge >= 0.3 is 0 Å². The van der Waals surface area contributed by atoms with Crippen LogP contribution in [0.25, 0.3) is 10.8 Å². The summed E-state index contributed by atoms with van der Waals surface area (Å²) < 4.78 is 12.0. The maximum absolute atomic E-state index is 14.3. The van der Waals surface area contributed by atoms with E-state index in [1.54, 1.807) is 7.11 Å². The minimum absolute atomic E-state index is 0.0385. The standard InChI is InChI=1S/C35H44N2O3/c1-6-17-36-18-16-35(29-12-9-13-31(20-29)39-4)22-30(21-33(40-5)32(35)24-36)37(23-25(2)3)34(38)28-15-14-26-10-7-8-11-27(26)19-28/h6-15,19-20,25,30,32-33H,1,16-18,21-24H2,2-5H3/t30-,32+,33?,35+/m1/s1. The SMILES string of the molecule is C=CCN1CC[C@@]2(c3cccc(OC)c3)C[C@H](N(CC(C)C)C(=O)c3ccc4ccccc4c3)CC(OC)[C@@H]2C1. The molecule has 1 amide bonds. The average Bonchev–Trinajstić information content (AvgIpc) is 2.98. The van der Waals surface area contributed by atoms with Crippen molar-refractivity contribution < 1.29 is 14.3 Å². The van der Waals surface area contributed by atoms with Gasteiger partial charge in [0.2, 0.25) is 0 Å². The van der Waals surface area contributed by atoms with Crippen LogP contribution in [0.5, 0.6) is 5.75 Å². The molecule has 2 aliphatic rings. The molecule has 2 fully saturated rings. The van der Waals surface area contributed by atoms with E-state index in [1.807, 2.05) is 37.5 Å². The Morgan fingerprint density at radius 3 is 2.62 bits per heavy atom. The summed E-state index contributed by atoms with van der Waals surface area (Å²) in [6, 6.07) is 23.0. The van der Waals surface area contributed by atoms with Crippen molar-refractivity contribution in [3.05, 3.63) is 90.5 Å². The van der Waals surface area contributed by atoms with Crippen LogP contribution in [0.4, 0.5) is 0 Å². The molecule has 1 unspecified atom stereocenters. The molecular formula is C35H44N2O3. The van der Waals surface area contributed by atoms with Crippen molar-refractivity contribution in [2.75, 3.05) is 40.4 Å². The monoisotopic (exact) mass is 540 g/mol. The van der Waals surface area contributed by atoms with E-state index in [9.17, 15) is 4.79 Å². The number of hydrogen-bond donors (Lipinski definition) is 0. The van der Waals surface area contributed by atoms with Crippen LogP contribution < -0.4 is 4.74 Å². The minimum atomic E-state index is -0.116. The van der Waals surface area contributed by atoms with E-state index in [0.717, 1.165) is 61.0 Å². The second-order valence-corrected chi connectivity index (χ2v) is 12.1. The Morgan fingerprint density at radius 2 is 1.90 bits per heavy atom. The lowest BCUT2D eigenvalue weighted by atomic mass is 9.56. The van der Waals surface area contributed by atoms with Crippen LogP contribution in [0.2, 0.25) is 0 Å². The Bertz CT molecular complexity index is 1340. The van der Waals surface area contributed by atoms with E-state index in [1.165, 1.54) is 5.56 Å². The van der Waals surface area contributed by atoms with Gasteiger partial charge in [-0.3, -0.25) is 9.69 Å². The van der Waals surface area contributed by atoms with Gasteiger partial charge in [0.25, 0.3) is 5.91 Å². The highest BCUT2D eigenvalue weighted by Gasteiger charge is 2.53. The molecule has 4 atom stereocenters. The maximum atomic E-state index is 14.3. The molecule has 5 heteroatoms. The molecule has 0 N–H and O–H groups in total. The normalized spacial score (nSPS) is 25.0. The summed E-state index contributed by atoms with van der Waals surface area (Å²) in [6.45, 7) is 11.9. The molecule has 5 nitrogen and oxygen atoms in total. The van der Waals surface area contributed by atoms with Crippen molar-refractivity contribution in [1.29, 1.82) is 0 Å². The summed E-state index contributed by atoms with van der Waals surface area (Å²) in [6.07, 6.45) is 4.80. The molecule has 0 radical (unpaired) electrons. The van der Waals surface area contributed by atoms with Gasteiger partial charge in [-0.2, -0.15) is 0 Å². The largest absolute Gasteiger partial charge is 0.497 e. The number of carbonyl (C=O) groups is 1. The van der Waals surface area contributed by atoms with Crippen LogP contribution in [0.3, 0.4) is 0 Å². The summed E-state index contributed by atoms with van der Waals surface area (Å²) >= 11 is 0. The fourth-order valence-electron chi connectivity index (χ4n) is 7.29. The minimum Gasteiger partial charge on any atom is -0.497 e. The van der Waals surface area contributed by atoms with Crippen molar-refractivity contribution in [1.82, 2.24) is 9.80 Å². The van der Waals surface area contributed by atoms with Crippen molar-refractivity contribution in [3.63, 3.8) is 0 Å². The third-order valence-electron chi connectivity index (χ3n) is 9.19. The van der Waals surface area contributed by atoms with Crippen LogP contribution in [0.15, 0.2) is 79.4 Å². The average molecular weight is 541 g/mol. The molecule has 3 aromatic carbocycles. The Hall–Kier alpha value is -3.15. The van der Waals surface area contributed by atoms with Crippen molar-refractivity contribution in [2.45, 2.75) is 50.7 Å². The molecule has 0 spiro atoms. The van der Waals surface area contributed by atoms with E-state index in [-0.39, 0.29) is 23.5 Å². The first kappa shape index (κ1) is 28.4. The molecule has 1 saturated carbocycles. The van der Waals surface area contributed by atoms with E-state index >= 15 is 0 Å². The van der Waals surface area contributed by atoms with Gasteiger partial charge in [-0.25, -0.2) is 0 Å². The van der Waals surface area contributed by atoms with Gasteiger partial charge in [-0.05, 0) is 72.3 Å². The van der Waals surface area contributed by atoms with E-state index in [2.05, 4.69) is 72.7 Å². The van der Waals surface area contributed by atoms with Crippen LogP contribution in [-0.2, 0) is 10.2 Å². The molecule has 40 heavy (non-hydrogen) atoms. The number of amides is 1. The summed E-state index contributed by atoms with van der Waals surface area (Å²) in [5.74, 6) is 1.65. The molecule has 3 aromatic rings. The maximum Gasteiger partial charge on any atom is 0.254 e. The molecule has 1 heterocycles. The molecule has 1 saturated heterocycles. The first-order valence-electron chi connectivity index (χ1n) is 14.7. The van der Waals surface area contributed by atoms with Gasteiger partial charge in [-0.1, -0.05) is 62.4 Å². The van der Waals surface area contributed by atoms with Gasteiger partial charge in [0.05, 0.1) is 13.2 Å². The zero-order chi connectivity index (χ0) is 28.3. The predicted molar refractivity (Wildman–Crippen MR) is 163 cm³/mol. The highest BCUT2D eigenvalue weighted by atomic mass is 16.5. The zero-order valence-corrected chi connectivity index (χ0v) is 24.5. The summed E-state index contributed by atoms with van der Waals surface area (Å²) in [5.41, 5.74) is 1.94. The molecule has 1 aliphatic heterocycles. The second kappa shape index (κ2) is 12.2. The molecule has 5 rings (SSSR count). The Balaban J connectivity index is 1.55. The Labute approximate surface area is 239 Å². The van der Waals surface area contributed by atoms with Crippen LogP contribution >= 0.6 is 0 Å². The number of benzene rings is 3. The number of hydrogen-bond acceptors (Lipinski definition) is 4. The highest BCUT2D eigenvalue weighted by Crippen LogP contribution is 2.51. The Kier molecular flexibility index (Phi) is 8.62. The molecule has 0 aromatic heterocycles. The van der Waals surface area contributed by atoms with Gasteiger partial charge in [-0.15, -0.1) is 6.58 Å². The smallest absolute Gasteiger partial charge is 0.254 e. The summed E-state index contributed by atoms with van der Waals surface area (Å²) in [5, 5.41) is 2.25. The van der Waals surface area contributed by atoms with E-state index in [0.29, 0.717) is 18.4 Å². The number of methoxy groups -OCH3 is 2. The fourth-order valence-corrected chi connectivity index (χ4v) is 7.29. The molecule has 1 aliphatic carbocycles. The van der Waals surface area contributed by atoms with Crippen molar-refractivity contribution >= 4 is 16.7 Å². The van der Waals surface area contributed by atoms with Crippen LogP contribution in [-0.4, -0.2) is 68.3 Å². The van der Waals surface area contributed by atoms with Gasteiger partial charge in [0.15, 0.2) is 0 Å². The highest BCUT2D eigenvalue weighted by molar-refractivity contribution is 5.98. The molecule has 212 valence electrons. The quantitative estimate of drug-likeness (QED) is 0.288. The fraction of sp³-hybridized carbons (Fsp3) is 0.457. The number of nitrogens with zero attached hydrogens (tertiary/aromatic N) is 2. The van der Waals surface area contributed by atoms with Gasteiger partial charge in [0, 0.05) is 49.7 Å². The first-order valence-corrected chi connectivity index (χ1v) is 14.7. The number of fused-ring (bicyclic) bond motifs is 2. The van der Waals surface area contributed by atoms with Crippen molar-refractivity contribution in [3.8, 4) is 5.75 Å². The lowest BCUT2D eigenvalue weighted by molar-refractivity contribution is -0.0804. The molecule has 0 bridgehead atoms. The van der Waals surface area contributed by atoms with Crippen LogP contribution in [0.1, 0.15) is 49.0 Å². The third kappa shape index (κ3) is 5.55. The van der Waals surface area contributed by atoms with E-state index < -0.39 is 0 Å². The number of piperidine rings is 1. The van der Waals surface area contributed by atoms with Gasteiger partial charge < -0.3 is 14.4 Å². The second-order valence-electron chi connectivity index (χ2n) is 12.1. The molecular weight excluding hydrogens is 496 g/mol. The van der Waals surface area contributed by atoms with Crippen molar-refractivity contribution in [2.24, 2.45) is 11.8 Å². The van der Waals surface area contributed by atoms with Gasteiger partial charge in [0.1, 0.15) is 5.75 Å². The lowest BCUT2D eigenvalue weighted by Gasteiger charge is -2.57. The number of carbonyl (C=O) groups excluding carboxylic acids is 1. The topological polar surface area (TPSA) is 42.0 Å². The first-order chi connectivity index (χ1) is 19.4. The summed E-state index contributed by atoms with van der Waals surface area (Å²) in [4.78, 5) is 19.0. The number of ether oxygens (including phenoxy) is 2. The summed E-state index contributed by atoms with van der Waals surface area (Å²) in [7, 11) is 3.57. The third-order valence-corrected chi connectivity index (χ3v) is 9.19. The number of rotatable bonds is 9. The van der Waals surface area contributed by atoms with E-state index in [4.69, 9.17) is 9.47 Å². The number of likely N-dealkylation sites (tertiary alicyclic amines) is 1. The lowest BCUT2D eigenvalue weighted by Crippen LogP contribution is -2.62. The predicted octanol–water partition coefficient (Wildman–Crippen LogP) is 6.57. The Morgan fingerprint density at radius 1 is 1.10 bits per heavy atom. The van der Waals surface area contributed by atoms with Crippen LogP contribution in [0, 0.1) is 11.8 Å². The zero-order valence-electron chi connectivity index (χ0n) is 24.5.